The van der Waals surface area contributed by atoms with Crippen LogP contribution in [0.15, 0.2) is 45.9 Å². The van der Waals surface area contributed by atoms with Crippen LogP contribution in [-0.4, -0.2) is 57.7 Å². The number of amides is 2. The maximum atomic E-state index is 15.3. The highest BCUT2D eigenvalue weighted by Gasteiger charge is 2.26. The van der Waals surface area contributed by atoms with Crippen LogP contribution in [0.5, 0.6) is 0 Å². The molecule has 12 heteroatoms. The molecule has 1 aliphatic heterocycles. The number of nitrogens with zero attached hydrogens (tertiary/aromatic N) is 5. The summed E-state index contributed by atoms with van der Waals surface area (Å²) in [7, 11) is 0. The molecule has 4 aromatic rings. The van der Waals surface area contributed by atoms with Crippen LogP contribution in [0.4, 0.5) is 15.2 Å². The minimum absolute atomic E-state index is 0.0974. The number of nitrogens with one attached hydrogen (secondary N) is 1. The lowest BCUT2D eigenvalue weighted by molar-refractivity contribution is 0.0714. The van der Waals surface area contributed by atoms with E-state index in [4.69, 9.17) is 4.42 Å². The number of carbonyl (C=O) groups is 2. The third kappa shape index (κ3) is 4.71. The van der Waals surface area contributed by atoms with E-state index in [0.29, 0.717) is 55.5 Å². The molecule has 1 saturated heterocycles. The van der Waals surface area contributed by atoms with Crippen LogP contribution in [-0.2, 0) is 13.0 Å². The van der Waals surface area contributed by atoms with Gasteiger partial charge in [-0.05, 0) is 37.6 Å². The largest absolute Gasteiger partial charge is 0.459 e. The van der Waals surface area contributed by atoms with Crippen LogP contribution in [0.1, 0.15) is 39.8 Å². The van der Waals surface area contributed by atoms with Crippen molar-refractivity contribution in [1.82, 2.24) is 19.7 Å². The minimum Gasteiger partial charge on any atom is -0.459 e. The van der Waals surface area contributed by atoms with Gasteiger partial charge < -0.3 is 18.8 Å². The molecule has 0 saturated carbocycles. The lowest BCUT2D eigenvalue weighted by Crippen LogP contribution is -2.49. The minimum atomic E-state index is -0.616. The first-order chi connectivity index (χ1) is 17.9. The number of aryl methyl sites for hydroxylation is 2. The van der Waals surface area contributed by atoms with Crippen molar-refractivity contribution < 1.29 is 18.4 Å². The summed E-state index contributed by atoms with van der Waals surface area (Å²) in [5.41, 5.74) is 0.215. The van der Waals surface area contributed by atoms with Crippen molar-refractivity contribution in [2.24, 2.45) is 0 Å². The summed E-state index contributed by atoms with van der Waals surface area (Å²) in [5, 5.41) is 11.7. The number of pyridine rings is 1. The summed E-state index contributed by atoms with van der Waals surface area (Å²) in [4.78, 5) is 42.2. The van der Waals surface area contributed by atoms with Crippen molar-refractivity contribution in [2.75, 3.05) is 36.4 Å². The first-order valence-corrected chi connectivity index (χ1v) is 12.8. The van der Waals surface area contributed by atoms with Gasteiger partial charge in [-0.25, -0.2) is 4.39 Å². The quantitative estimate of drug-likeness (QED) is 0.411. The number of aromatic nitrogens is 3. The Morgan fingerprint density at radius 2 is 1.95 bits per heavy atom. The Hall–Kier alpha value is -4.06. The molecule has 4 heterocycles. The molecule has 1 fully saturated rings. The number of halogens is 1. The summed E-state index contributed by atoms with van der Waals surface area (Å²) >= 11 is 1.24. The van der Waals surface area contributed by atoms with Crippen molar-refractivity contribution >= 4 is 44.9 Å². The first-order valence-electron chi connectivity index (χ1n) is 12.0. The van der Waals surface area contributed by atoms with Crippen molar-refractivity contribution in [3.63, 3.8) is 0 Å². The van der Waals surface area contributed by atoms with Gasteiger partial charge >= 0.3 is 0 Å². The Morgan fingerprint density at radius 1 is 1.16 bits per heavy atom. The van der Waals surface area contributed by atoms with E-state index >= 15 is 4.39 Å². The van der Waals surface area contributed by atoms with Crippen LogP contribution in [0.3, 0.4) is 0 Å². The summed E-state index contributed by atoms with van der Waals surface area (Å²) in [5.74, 6) is -1.11. The van der Waals surface area contributed by atoms with Gasteiger partial charge in [0.15, 0.2) is 5.76 Å². The van der Waals surface area contributed by atoms with Gasteiger partial charge in [-0.15, -0.1) is 10.2 Å². The fourth-order valence-corrected chi connectivity index (χ4v) is 5.06. The van der Waals surface area contributed by atoms with Crippen LogP contribution in [0.2, 0.25) is 0 Å². The highest BCUT2D eigenvalue weighted by atomic mass is 32.1. The molecule has 10 nitrogen and oxygen atoms in total. The zero-order chi connectivity index (χ0) is 26.1. The van der Waals surface area contributed by atoms with Gasteiger partial charge in [0.1, 0.15) is 16.4 Å². The Labute approximate surface area is 215 Å². The van der Waals surface area contributed by atoms with Crippen molar-refractivity contribution in [2.45, 2.75) is 26.8 Å². The molecule has 3 aromatic heterocycles. The van der Waals surface area contributed by atoms with Crippen LogP contribution in [0.25, 0.3) is 10.9 Å². The molecule has 192 valence electrons. The molecule has 0 bridgehead atoms. The molecule has 37 heavy (non-hydrogen) atoms. The second-order valence-electron chi connectivity index (χ2n) is 8.54. The van der Waals surface area contributed by atoms with Crippen LogP contribution >= 0.6 is 11.3 Å². The predicted octanol–water partition coefficient (Wildman–Crippen LogP) is 3.38. The van der Waals surface area contributed by atoms with E-state index in [-0.39, 0.29) is 22.6 Å². The maximum absolute atomic E-state index is 15.3. The van der Waals surface area contributed by atoms with Crippen molar-refractivity contribution in [3.05, 3.63) is 69.1 Å². The summed E-state index contributed by atoms with van der Waals surface area (Å²) in [6.07, 6.45) is 3.63. The average Bonchev–Trinajstić information content (AvgIpc) is 3.61. The zero-order valence-electron chi connectivity index (χ0n) is 20.4. The topological polar surface area (TPSA) is 114 Å². The molecule has 1 aliphatic rings. The van der Waals surface area contributed by atoms with E-state index in [1.807, 2.05) is 18.7 Å². The number of fused-ring (bicyclic) bond motifs is 1. The van der Waals surface area contributed by atoms with Gasteiger partial charge in [0.2, 0.25) is 10.6 Å². The monoisotopic (exact) mass is 524 g/mol. The molecule has 0 spiro atoms. The molecule has 0 aliphatic carbocycles. The molecule has 1 N–H and O–H groups in total. The van der Waals surface area contributed by atoms with Gasteiger partial charge in [-0.3, -0.25) is 19.7 Å². The number of rotatable bonds is 6. The van der Waals surface area contributed by atoms with E-state index in [1.165, 1.54) is 29.9 Å². The van der Waals surface area contributed by atoms with Crippen LogP contribution in [0, 0.1) is 5.82 Å². The second-order valence-corrected chi connectivity index (χ2v) is 9.61. The van der Waals surface area contributed by atoms with Gasteiger partial charge in [-0.1, -0.05) is 18.3 Å². The Balaban J connectivity index is 1.41. The van der Waals surface area contributed by atoms with Crippen molar-refractivity contribution in [1.29, 1.82) is 0 Å². The fraction of sp³-hybridized carbons (Fsp3) is 0.320. The number of anilines is 2. The van der Waals surface area contributed by atoms with Gasteiger partial charge in [0.25, 0.3) is 11.8 Å². The third-order valence-corrected chi connectivity index (χ3v) is 7.35. The predicted molar refractivity (Wildman–Crippen MR) is 138 cm³/mol. The summed E-state index contributed by atoms with van der Waals surface area (Å²) in [6, 6.07) is 6.11. The van der Waals surface area contributed by atoms with Crippen molar-refractivity contribution in [3.8, 4) is 0 Å². The van der Waals surface area contributed by atoms with Gasteiger partial charge in [-0.2, -0.15) is 0 Å². The number of carbonyl (C=O) groups excluding carboxylic acids is 2. The molecular weight excluding hydrogens is 499 g/mol. The molecule has 0 atom stereocenters. The van der Waals surface area contributed by atoms with E-state index in [0.717, 1.165) is 5.01 Å². The van der Waals surface area contributed by atoms with E-state index in [1.54, 1.807) is 27.7 Å². The summed E-state index contributed by atoms with van der Waals surface area (Å²) in [6.45, 7) is 5.93. The molecular formula is C25H25FN6O4S. The molecule has 2 amide bonds. The Bertz CT molecular complexity index is 1520. The smallest absolute Gasteiger partial charge is 0.289 e. The first kappa shape index (κ1) is 24.6. The van der Waals surface area contributed by atoms with E-state index in [2.05, 4.69) is 15.5 Å². The molecule has 5 rings (SSSR count). The fourth-order valence-electron chi connectivity index (χ4n) is 4.38. The SMILES string of the molecule is CCc1nnc(NC(=O)c2cn(CC)c3cc(N4CCN(C(=O)c5ccco5)CC4)c(F)cc3c2=O)s1. The normalized spacial score (nSPS) is 13.8. The molecule has 0 unspecified atom stereocenters. The Kier molecular flexibility index (Phi) is 6.74. The van der Waals surface area contributed by atoms with Gasteiger partial charge in [0, 0.05) is 44.3 Å². The summed E-state index contributed by atoms with van der Waals surface area (Å²) < 4.78 is 22.3. The number of hydrogen-bond donors (Lipinski definition) is 1. The molecule has 1 aromatic carbocycles. The lowest BCUT2D eigenvalue weighted by Gasteiger charge is -2.36. The number of benzene rings is 1. The lowest BCUT2D eigenvalue weighted by atomic mass is 10.1. The molecule has 0 radical (unpaired) electrons. The van der Waals surface area contributed by atoms with Crippen LogP contribution < -0.4 is 15.6 Å². The second kappa shape index (κ2) is 10.1. The highest BCUT2D eigenvalue weighted by molar-refractivity contribution is 7.15. The average molecular weight is 525 g/mol. The van der Waals surface area contributed by atoms with E-state index in [9.17, 15) is 14.4 Å². The standard InChI is InChI=1S/C25H25FN6O4S/c1-3-21-28-29-25(37-21)27-23(34)16-14-30(4-2)18-13-19(17(26)12-15(18)22(16)33)31-7-9-32(10-8-31)24(35)20-6-5-11-36-20/h5-6,11-14H,3-4,7-10H2,1-2H3,(H,27,29,34). The third-order valence-electron chi connectivity index (χ3n) is 6.36. The highest BCUT2D eigenvalue weighted by Crippen LogP contribution is 2.27. The maximum Gasteiger partial charge on any atom is 0.289 e. The Morgan fingerprint density at radius 3 is 2.59 bits per heavy atom. The van der Waals surface area contributed by atoms with E-state index < -0.39 is 17.2 Å². The number of hydrogen-bond acceptors (Lipinski definition) is 8. The number of furan rings is 1. The van der Waals surface area contributed by atoms with Gasteiger partial charge in [0.05, 0.1) is 17.5 Å². The zero-order valence-corrected chi connectivity index (χ0v) is 21.2. The number of piperazine rings is 1.